The number of anilines is 1. The summed E-state index contributed by atoms with van der Waals surface area (Å²) in [6, 6.07) is 6.70. The van der Waals surface area contributed by atoms with Gasteiger partial charge in [0.2, 0.25) is 0 Å². The molecule has 0 aliphatic carbocycles. The lowest BCUT2D eigenvalue weighted by molar-refractivity contribution is 0.0698. The molecule has 21 heavy (non-hydrogen) atoms. The van der Waals surface area contributed by atoms with Gasteiger partial charge in [0, 0.05) is 16.3 Å². The van der Waals surface area contributed by atoms with E-state index in [0.29, 0.717) is 17.0 Å². The molecule has 0 fully saturated rings. The Bertz CT molecular complexity index is 646. The summed E-state index contributed by atoms with van der Waals surface area (Å²) in [5.74, 6) is -0.734. The molecule has 0 saturated heterocycles. The highest BCUT2D eigenvalue weighted by Crippen LogP contribution is 2.22. The number of carbonyl (C=O) groups excluding carboxylic acids is 1. The summed E-state index contributed by atoms with van der Waals surface area (Å²) in [5.41, 5.74) is 0.835. The molecular weight excluding hydrogens is 290 g/mol. The van der Waals surface area contributed by atoms with Gasteiger partial charge >= 0.3 is 5.97 Å². The van der Waals surface area contributed by atoms with Gasteiger partial charge in [-0.15, -0.1) is 11.3 Å². The van der Waals surface area contributed by atoms with Crippen LogP contribution in [0, 0.1) is 0 Å². The van der Waals surface area contributed by atoms with Crippen LogP contribution in [0.1, 0.15) is 34.6 Å². The molecule has 1 aromatic carbocycles. The van der Waals surface area contributed by atoms with Crippen LogP contribution in [0.3, 0.4) is 0 Å². The lowest BCUT2D eigenvalue weighted by atomic mass is 10.2. The predicted octanol–water partition coefficient (Wildman–Crippen LogP) is 3.49. The number of ether oxygens (including phenoxy) is 1. The van der Waals surface area contributed by atoms with Gasteiger partial charge in [-0.2, -0.15) is 0 Å². The van der Waals surface area contributed by atoms with Crippen LogP contribution in [0.2, 0.25) is 0 Å². The van der Waals surface area contributed by atoms with Gasteiger partial charge in [-0.25, -0.2) is 4.79 Å². The second-order valence-corrected chi connectivity index (χ2v) is 5.39. The Hall–Kier alpha value is -2.34. The Balaban J connectivity index is 2.10. The number of thiophene rings is 1. The quantitative estimate of drug-likeness (QED) is 0.886. The molecule has 110 valence electrons. The zero-order valence-electron chi connectivity index (χ0n) is 11.6. The summed E-state index contributed by atoms with van der Waals surface area (Å²) in [6.45, 7) is 3.84. The summed E-state index contributed by atoms with van der Waals surface area (Å²) in [6.07, 6.45) is 0.0635. The lowest BCUT2D eigenvalue weighted by Crippen LogP contribution is -2.13. The van der Waals surface area contributed by atoms with Crippen molar-refractivity contribution in [3.8, 4) is 5.75 Å². The molecule has 1 heterocycles. The monoisotopic (exact) mass is 305 g/mol. The molecule has 0 bridgehead atoms. The predicted molar refractivity (Wildman–Crippen MR) is 81.4 cm³/mol. The third kappa shape index (κ3) is 3.82. The standard InChI is InChI=1S/C15H15NO4S/c1-9(2)20-11-5-3-10(4-6-11)14(17)16-13-8-21-7-12(13)15(18)19/h3-9H,1-2H3,(H,16,17)(H,18,19). The van der Waals surface area contributed by atoms with E-state index in [9.17, 15) is 9.59 Å². The van der Waals surface area contributed by atoms with Crippen LogP contribution in [0.25, 0.3) is 0 Å². The SMILES string of the molecule is CC(C)Oc1ccc(C(=O)Nc2cscc2C(=O)O)cc1. The van der Waals surface area contributed by atoms with Gasteiger partial charge in [0.1, 0.15) is 5.75 Å². The van der Waals surface area contributed by atoms with Crippen LogP contribution in [0.4, 0.5) is 5.69 Å². The molecule has 0 atom stereocenters. The zero-order chi connectivity index (χ0) is 15.4. The van der Waals surface area contributed by atoms with Crippen LogP contribution in [0.5, 0.6) is 5.75 Å². The summed E-state index contributed by atoms with van der Waals surface area (Å²) in [7, 11) is 0. The van der Waals surface area contributed by atoms with Crippen LogP contribution in [-0.2, 0) is 0 Å². The number of rotatable bonds is 5. The van der Waals surface area contributed by atoms with Crippen LogP contribution in [-0.4, -0.2) is 23.1 Å². The second-order valence-electron chi connectivity index (χ2n) is 4.65. The average Bonchev–Trinajstić information content (AvgIpc) is 2.87. The summed E-state index contributed by atoms with van der Waals surface area (Å²) in [4.78, 5) is 23.1. The topological polar surface area (TPSA) is 75.6 Å². The molecule has 5 nitrogen and oxygen atoms in total. The van der Waals surface area contributed by atoms with E-state index < -0.39 is 5.97 Å². The number of hydrogen-bond acceptors (Lipinski definition) is 4. The van der Waals surface area contributed by atoms with Crippen LogP contribution >= 0.6 is 11.3 Å². The number of nitrogens with one attached hydrogen (secondary N) is 1. The van der Waals surface area contributed by atoms with Crippen molar-refractivity contribution in [1.82, 2.24) is 0 Å². The van der Waals surface area contributed by atoms with Gasteiger partial charge in [0.05, 0.1) is 17.4 Å². The number of carbonyl (C=O) groups is 2. The largest absolute Gasteiger partial charge is 0.491 e. The van der Waals surface area contributed by atoms with Gasteiger partial charge in [0.15, 0.2) is 0 Å². The van der Waals surface area contributed by atoms with Crippen molar-refractivity contribution in [3.63, 3.8) is 0 Å². The second kappa shape index (κ2) is 6.41. The molecule has 2 rings (SSSR count). The fraction of sp³-hybridized carbons (Fsp3) is 0.200. The minimum absolute atomic E-state index is 0.0635. The van der Waals surface area contributed by atoms with E-state index in [-0.39, 0.29) is 17.6 Å². The molecular formula is C15H15NO4S. The smallest absolute Gasteiger partial charge is 0.338 e. The van der Waals surface area contributed by atoms with Gasteiger partial charge in [0.25, 0.3) is 5.91 Å². The number of benzene rings is 1. The lowest BCUT2D eigenvalue weighted by Gasteiger charge is -2.10. The molecule has 0 radical (unpaired) electrons. The molecule has 0 spiro atoms. The number of hydrogen-bond donors (Lipinski definition) is 2. The van der Waals surface area contributed by atoms with E-state index in [4.69, 9.17) is 9.84 Å². The Morgan fingerprint density at radius 1 is 1.19 bits per heavy atom. The molecule has 0 unspecified atom stereocenters. The Morgan fingerprint density at radius 2 is 1.86 bits per heavy atom. The highest BCUT2D eigenvalue weighted by Gasteiger charge is 2.14. The van der Waals surface area contributed by atoms with Crippen molar-refractivity contribution in [2.24, 2.45) is 0 Å². The fourth-order valence-electron chi connectivity index (χ4n) is 1.71. The summed E-state index contributed by atoms with van der Waals surface area (Å²) < 4.78 is 5.50. The zero-order valence-corrected chi connectivity index (χ0v) is 12.4. The first-order valence-electron chi connectivity index (χ1n) is 6.35. The van der Waals surface area contributed by atoms with E-state index in [0.717, 1.165) is 0 Å². The maximum absolute atomic E-state index is 12.1. The van der Waals surface area contributed by atoms with Crippen molar-refractivity contribution in [1.29, 1.82) is 0 Å². The first-order valence-corrected chi connectivity index (χ1v) is 7.29. The molecule has 1 amide bonds. The maximum atomic E-state index is 12.1. The van der Waals surface area contributed by atoms with Crippen molar-refractivity contribution >= 4 is 28.9 Å². The Morgan fingerprint density at radius 3 is 2.43 bits per heavy atom. The molecule has 6 heteroatoms. The van der Waals surface area contributed by atoms with E-state index in [1.54, 1.807) is 29.6 Å². The molecule has 2 aromatic rings. The Kier molecular flexibility index (Phi) is 4.59. The molecule has 1 aromatic heterocycles. The van der Waals surface area contributed by atoms with Gasteiger partial charge < -0.3 is 15.2 Å². The molecule has 0 saturated carbocycles. The van der Waals surface area contributed by atoms with Gasteiger partial charge in [-0.05, 0) is 38.1 Å². The maximum Gasteiger partial charge on any atom is 0.338 e. The Labute approximate surface area is 126 Å². The average molecular weight is 305 g/mol. The normalized spacial score (nSPS) is 10.4. The van der Waals surface area contributed by atoms with Crippen molar-refractivity contribution in [3.05, 3.63) is 46.2 Å². The number of carboxylic acids is 1. The summed E-state index contributed by atoms with van der Waals surface area (Å²) >= 11 is 1.23. The van der Waals surface area contributed by atoms with E-state index in [1.165, 1.54) is 16.7 Å². The van der Waals surface area contributed by atoms with Gasteiger partial charge in [-0.3, -0.25) is 4.79 Å². The van der Waals surface area contributed by atoms with Gasteiger partial charge in [-0.1, -0.05) is 0 Å². The highest BCUT2D eigenvalue weighted by molar-refractivity contribution is 7.08. The first-order chi connectivity index (χ1) is 9.97. The van der Waals surface area contributed by atoms with Crippen molar-refractivity contribution in [2.45, 2.75) is 20.0 Å². The highest BCUT2D eigenvalue weighted by atomic mass is 32.1. The van der Waals surface area contributed by atoms with Crippen molar-refractivity contribution in [2.75, 3.05) is 5.32 Å². The number of carboxylic acid groups (broad SMARTS) is 1. The van der Waals surface area contributed by atoms with E-state index in [1.807, 2.05) is 13.8 Å². The molecule has 2 N–H and O–H groups in total. The third-order valence-electron chi connectivity index (χ3n) is 2.63. The fourth-order valence-corrected chi connectivity index (χ4v) is 2.46. The molecule has 0 aliphatic rings. The third-order valence-corrected chi connectivity index (χ3v) is 3.37. The van der Waals surface area contributed by atoms with E-state index >= 15 is 0 Å². The molecule has 0 aliphatic heterocycles. The minimum Gasteiger partial charge on any atom is -0.491 e. The number of aromatic carboxylic acids is 1. The van der Waals surface area contributed by atoms with E-state index in [2.05, 4.69) is 5.32 Å². The van der Waals surface area contributed by atoms with Crippen LogP contribution < -0.4 is 10.1 Å². The summed E-state index contributed by atoms with van der Waals surface area (Å²) in [5, 5.41) is 14.7. The first kappa shape index (κ1) is 15.1. The van der Waals surface area contributed by atoms with Crippen molar-refractivity contribution < 1.29 is 19.4 Å². The minimum atomic E-state index is -1.06. The number of amides is 1. The van der Waals surface area contributed by atoms with Crippen LogP contribution in [0.15, 0.2) is 35.0 Å².